The highest BCUT2D eigenvalue weighted by atomic mass is 35.5. The molecule has 2 aliphatic heterocycles. The van der Waals surface area contributed by atoms with E-state index in [-0.39, 0.29) is 19.2 Å². The topological polar surface area (TPSA) is 57.0 Å². The monoisotopic (exact) mass is 328 g/mol. The van der Waals surface area contributed by atoms with Crippen molar-refractivity contribution >= 4 is 12.4 Å². The van der Waals surface area contributed by atoms with Crippen LogP contribution in [0.25, 0.3) is 0 Å². The molecule has 5 nitrogen and oxygen atoms in total. The number of nitrogens with zero attached hydrogens (tertiary/aromatic N) is 1. The van der Waals surface area contributed by atoms with E-state index in [4.69, 9.17) is 19.9 Å². The molecule has 1 aromatic rings. The van der Waals surface area contributed by atoms with Crippen LogP contribution in [0.3, 0.4) is 0 Å². The molecule has 2 aliphatic rings. The van der Waals surface area contributed by atoms with Crippen LogP contribution >= 0.6 is 12.4 Å². The molecule has 1 fully saturated rings. The van der Waals surface area contributed by atoms with E-state index >= 15 is 0 Å². The number of benzene rings is 1. The maximum absolute atomic E-state index is 5.97. The van der Waals surface area contributed by atoms with Crippen LogP contribution < -0.4 is 19.9 Å². The van der Waals surface area contributed by atoms with Gasteiger partial charge < -0.3 is 19.9 Å². The van der Waals surface area contributed by atoms with Gasteiger partial charge in [-0.15, -0.1) is 12.4 Å². The number of fused-ring (bicyclic) bond motifs is 1. The largest absolute Gasteiger partial charge is 0.493 e. The average molecular weight is 329 g/mol. The first-order valence-corrected chi connectivity index (χ1v) is 7.63. The standard InChI is InChI=1S/C16H24N2O3.ClH/c1-11-4-3-5-18(13(11)8-17)9-12-6-14(19-2)16-15(7-12)20-10-21-16;/h6-7,11,13H,3-5,8-10,17H2,1-2H3;1H. The highest BCUT2D eigenvalue weighted by molar-refractivity contribution is 5.85. The third kappa shape index (κ3) is 3.26. The van der Waals surface area contributed by atoms with Gasteiger partial charge in [-0.3, -0.25) is 4.90 Å². The molecule has 1 aromatic carbocycles. The Morgan fingerprint density at radius 3 is 2.91 bits per heavy atom. The third-order valence-electron chi connectivity index (χ3n) is 4.58. The molecule has 2 heterocycles. The molecule has 6 heteroatoms. The molecule has 22 heavy (non-hydrogen) atoms. The summed E-state index contributed by atoms with van der Waals surface area (Å²) in [5, 5.41) is 0. The van der Waals surface area contributed by atoms with Crippen LogP contribution in [0.15, 0.2) is 12.1 Å². The van der Waals surface area contributed by atoms with E-state index in [1.807, 2.05) is 6.07 Å². The summed E-state index contributed by atoms with van der Waals surface area (Å²) in [6.07, 6.45) is 2.50. The van der Waals surface area contributed by atoms with Crippen molar-refractivity contribution in [1.29, 1.82) is 0 Å². The molecule has 0 aromatic heterocycles. The molecule has 0 saturated carbocycles. The van der Waals surface area contributed by atoms with Crippen LogP contribution in [0.5, 0.6) is 17.2 Å². The predicted molar refractivity (Wildman–Crippen MR) is 88.0 cm³/mol. The molecule has 2 unspecified atom stereocenters. The molecule has 0 radical (unpaired) electrons. The van der Waals surface area contributed by atoms with E-state index in [0.29, 0.717) is 24.3 Å². The van der Waals surface area contributed by atoms with Crippen molar-refractivity contribution in [2.45, 2.75) is 32.4 Å². The van der Waals surface area contributed by atoms with E-state index in [9.17, 15) is 0 Å². The number of halogens is 1. The molecule has 0 spiro atoms. The molecule has 0 amide bonds. The predicted octanol–water partition coefficient (Wildman–Crippen LogP) is 2.40. The lowest BCUT2D eigenvalue weighted by Gasteiger charge is -2.39. The molecular weight excluding hydrogens is 304 g/mol. The molecule has 2 N–H and O–H groups in total. The van der Waals surface area contributed by atoms with Gasteiger partial charge in [-0.25, -0.2) is 0 Å². The van der Waals surface area contributed by atoms with Crippen LogP contribution in [0, 0.1) is 5.92 Å². The Bertz CT molecular complexity index is 512. The minimum atomic E-state index is 0. The third-order valence-corrected chi connectivity index (χ3v) is 4.58. The van der Waals surface area contributed by atoms with E-state index in [1.54, 1.807) is 7.11 Å². The van der Waals surface area contributed by atoms with E-state index < -0.39 is 0 Å². The first-order valence-electron chi connectivity index (χ1n) is 7.63. The number of rotatable bonds is 4. The van der Waals surface area contributed by atoms with Gasteiger partial charge in [0.2, 0.25) is 12.5 Å². The van der Waals surface area contributed by atoms with E-state index in [1.165, 1.54) is 18.4 Å². The Hall–Kier alpha value is -1.17. The smallest absolute Gasteiger partial charge is 0.231 e. The number of ether oxygens (including phenoxy) is 3. The number of likely N-dealkylation sites (tertiary alicyclic amines) is 1. The van der Waals surface area contributed by atoms with Crippen molar-refractivity contribution in [3.05, 3.63) is 17.7 Å². The summed E-state index contributed by atoms with van der Waals surface area (Å²) in [5.41, 5.74) is 7.16. The molecule has 3 rings (SSSR count). The van der Waals surface area contributed by atoms with Gasteiger partial charge in [-0.05, 0) is 43.0 Å². The molecule has 0 bridgehead atoms. The second-order valence-corrected chi connectivity index (χ2v) is 5.92. The van der Waals surface area contributed by atoms with Crippen molar-refractivity contribution in [1.82, 2.24) is 4.90 Å². The van der Waals surface area contributed by atoms with Crippen LogP contribution in [0.1, 0.15) is 25.3 Å². The minimum Gasteiger partial charge on any atom is -0.493 e. The van der Waals surface area contributed by atoms with Gasteiger partial charge in [0, 0.05) is 19.1 Å². The molecule has 2 atom stereocenters. The van der Waals surface area contributed by atoms with Crippen LogP contribution in [0.4, 0.5) is 0 Å². The second-order valence-electron chi connectivity index (χ2n) is 5.92. The fraction of sp³-hybridized carbons (Fsp3) is 0.625. The first kappa shape index (κ1) is 17.2. The normalized spacial score (nSPS) is 24.0. The Morgan fingerprint density at radius 1 is 1.36 bits per heavy atom. The Balaban J connectivity index is 0.00000176. The Labute approximate surface area is 138 Å². The van der Waals surface area contributed by atoms with Gasteiger partial charge in [-0.1, -0.05) is 6.92 Å². The number of hydrogen-bond donors (Lipinski definition) is 1. The average Bonchev–Trinajstić information content (AvgIpc) is 2.95. The van der Waals surface area contributed by atoms with Gasteiger partial charge >= 0.3 is 0 Å². The highest BCUT2D eigenvalue weighted by Gasteiger charge is 2.28. The van der Waals surface area contributed by atoms with E-state index in [0.717, 1.165) is 24.6 Å². The number of hydrogen-bond acceptors (Lipinski definition) is 5. The zero-order chi connectivity index (χ0) is 14.8. The summed E-state index contributed by atoms with van der Waals surface area (Å²) in [4.78, 5) is 2.48. The second kappa shape index (κ2) is 7.40. The summed E-state index contributed by atoms with van der Waals surface area (Å²) in [6, 6.07) is 4.55. The summed E-state index contributed by atoms with van der Waals surface area (Å²) in [6.45, 7) is 5.25. The Kier molecular flexibility index (Phi) is 5.78. The lowest BCUT2D eigenvalue weighted by atomic mass is 9.90. The number of nitrogens with two attached hydrogens (primary N) is 1. The molecule has 124 valence electrons. The highest BCUT2D eigenvalue weighted by Crippen LogP contribution is 2.42. The van der Waals surface area contributed by atoms with Crippen molar-refractivity contribution in [3.8, 4) is 17.2 Å². The minimum absolute atomic E-state index is 0. The zero-order valence-electron chi connectivity index (χ0n) is 13.2. The maximum Gasteiger partial charge on any atom is 0.231 e. The van der Waals surface area contributed by atoms with Crippen molar-refractivity contribution in [2.24, 2.45) is 11.7 Å². The first-order chi connectivity index (χ1) is 10.2. The van der Waals surface area contributed by atoms with Gasteiger partial charge in [0.1, 0.15) is 0 Å². The summed E-state index contributed by atoms with van der Waals surface area (Å²) < 4.78 is 16.4. The number of piperidine rings is 1. The van der Waals surface area contributed by atoms with Crippen molar-refractivity contribution in [3.63, 3.8) is 0 Å². The van der Waals surface area contributed by atoms with Crippen LogP contribution in [0.2, 0.25) is 0 Å². The summed E-state index contributed by atoms with van der Waals surface area (Å²) in [5.74, 6) is 2.89. The summed E-state index contributed by atoms with van der Waals surface area (Å²) in [7, 11) is 1.66. The fourth-order valence-electron chi connectivity index (χ4n) is 3.42. The zero-order valence-corrected chi connectivity index (χ0v) is 14.0. The summed E-state index contributed by atoms with van der Waals surface area (Å²) >= 11 is 0. The van der Waals surface area contributed by atoms with Crippen molar-refractivity contribution in [2.75, 3.05) is 27.0 Å². The van der Waals surface area contributed by atoms with Gasteiger partial charge in [-0.2, -0.15) is 0 Å². The van der Waals surface area contributed by atoms with Gasteiger partial charge in [0.15, 0.2) is 11.5 Å². The number of methoxy groups -OCH3 is 1. The van der Waals surface area contributed by atoms with Crippen LogP contribution in [-0.2, 0) is 6.54 Å². The van der Waals surface area contributed by atoms with Gasteiger partial charge in [0.05, 0.1) is 7.11 Å². The lowest BCUT2D eigenvalue weighted by molar-refractivity contribution is 0.0989. The maximum atomic E-state index is 5.97. The lowest BCUT2D eigenvalue weighted by Crippen LogP contribution is -2.47. The molecule has 1 saturated heterocycles. The Morgan fingerprint density at radius 2 is 2.18 bits per heavy atom. The fourth-order valence-corrected chi connectivity index (χ4v) is 3.42. The SMILES string of the molecule is COc1cc(CN2CCCC(C)C2CN)cc2c1OCO2.Cl. The van der Waals surface area contributed by atoms with Crippen molar-refractivity contribution < 1.29 is 14.2 Å². The quantitative estimate of drug-likeness (QED) is 0.919. The molecular formula is C16H25ClN2O3. The van der Waals surface area contributed by atoms with E-state index in [2.05, 4.69) is 17.9 Å². The molecule has 0 aliphatic carbocycles. The van der Waals surface area contributed by atoms with Gasteiger partial charge in [0.25, 0.3) is 0 Å². The van der Waals surface area contributed by atoms with Crippen LogP contribution in [-0.4, -0.2) is 37.9 Å².